The number of nitrogens with one attached hydrogen (secondary N) is 2. The van der Waals surface area contributed by atoms with Crippen molar-refractivity contribution in [3.63, 3.8) is 0 Å². The molecule has 0 saturated carbocycles. The average molecular weight is 570 g/mol. The Morgan fingerprint density at radius 1 is 0.738 bits per heavy atom. The summed E-state index contributed by atoms with van der Waals surface area (Å²) < 4.78 is 0. The maximum absolute atomic E-state index is 4.30. The average Bonchev–Trinajstić information content (AvgIpc) is 3.82. The molecule has 0 spiro atoms. The van der Waals surface area contributed by atoms with E-state index in [1.165, 1.54) is 62.9 Å². The highest BCUT2D eigenvalue weighted by atomic mass is 32.2. The lowest BCUT2D eigenvalue weighted by atomic mass is 10.0. The van der Waals surface area contributed by atoms with Gasteiger partial charge in [0.25, 0.3) is 0 Å². The van der Waals surface area contributed by atoms with Crippen LogP contribution in [0.3, 0.4) is 0 Å². The first kappa shape index (κ1) is 24.5. The number of hydrogen-bond acceptors (Lipinski definition) is 6. The molecule has 208 valence electrons. The molecule has 2 aromatic heterocycles. The minimum atomic E-state index is 0.689. The summed E-state index contributed by atoms with van der Waals surface area (Å²) in [6, 6.07) is 28.1. The van der Waals surface area contributed by atoms with Gasteiger partial charge in [-0.2, -0.15) is 10.2 Å². The van der Waals surface area contributed by atoms with E-state index >= 15 is 0 Å². The van der Waals surface area contributed by atoms with Gasteiger partial charge in [-0.15, -0.1) is 0 Å². The lowest BCUT2D eigenvalue weighted by Gasteiger charge is -2.37. The number of fused-ring (bicyclic) bond motifs is 6. The van der Waals surface area contributed by atoms with Crippen LogP contribution in [0.25, 0.3) is 44.1 Å². The van der Waals surface area contributed by atoms with E-state index in [9.17, 15) is 0 Å². The topological polar surface area (TPSA) is 67.1 Å². The zero-order chi connectivity index (χ0) is 27.8. The van der Waals surface area contributed by atoms with Gasteiger partial charge in [0, 0.05) is 58.8 Å². The summed E-state index contributed by atoms with van der Waals surface area (Å²) >= 11 is 1.88. The van der Waals surface area contributed by atoms with Gasteiger partial charge in [0.2, 0.25) is 0 Å². The number of rotatable bonds is 5. The number of benzene rings is 4. The van der Waals surface area contributed by atoms with Crippen LogP contribution in [-0.4, -0.2) is 75.5 Å². The Hall–Kier alpha value is -4.11. The summed E-state index contributed by atoms with van der Waals surface area (Å²) in [6.45, 7) is 4.43. The second-order valence-corrected chi connectivity index (χ2v) is 13.0. The van der Waals surface area contributed by atoms with Gasteiger partial charge in [-0.3, -0.25) is 15.1 Å². The summed E-state index contributed by atoms with van der Waals surface area (Å²) in [6.07, 6.45) is 5.18. The molecular formula is C34H31N7S. The van der Waals surface area contributed by atoms with Crippen molar-refractivity contribution in [3.05, 3.63) is 85.2 Å². The molecule has 0 amide bonds. The first-order valence-electron chi connectivity index (χ1n) is 14.7. The Morgan fingerprint density at radius 3 is 1.90 bits per heavy atom. The zero-order valence-electron chi connectivity index (χ0n) is 23.4. The predicted octanol–water partition coefficient (Wildman–Crippen LogP) is 6.76. The smallest absolute Gasteiger partial charge is 0.0656 e. The number of hydrogen-bond donors (Lipinski definition) is 2. The summed E-state index contributed by atoms with van der Waals surface area (Å²) in [4.78, 5) is 10.4. The van der Waals surface area contributed by atoms with E-state index in [4.69, 9.17) is 0 Å². The van der Waals surface area contributed by atoms with Crippen LogP contribution in [0, 0.1) is 0 Å². The van der Waals surface area contributed by atoms with Crippen molar-refractivity contribution < 1.29 is 0 Å². The Balaban J connectivity index is 1.12. The fraction of sp³-hybridized carbons (Fsp3) is 0.235. The lowest BCUT2D eigenvalue weighted by Crippen LogP contribution is -2.46. The first-order valence-corrected chi connectivity index (χ1v) is 15.5. The third-order valence-corrected chi connectivity index (χ3v) is 10.6. The van der Waals surface area contributed by atoms with Crippen molar-refractivity contribution in [1.82, 2.24) is 30.2 Å². The Labute approximate surface area is 248 Å². The Kier molecular flexibility index (Phi) is 5.51. The molecule has 2 fully saturated rings. The normalized spacial score (nSPS) is 20.1. The molecule has 42 heavy (non-hydrogen) atoms. The van der Waals surface area contributed by atoms with E-state index in [0.29, 0.717) is 12.1 Å². The predicted molar refractivity (Wildman–Crippen MR) is 171 cm³/mol. The van der Waals surface area contributed by atoms with E-state index in [-0.39, 0.29) is 0 Å². The van der Waals surface area contributed by atoms with Gasteiger partial charge in [0.1, 0.15) is 0 Å². The van der Waals surface area contributed by atoms with E-state index in [0.717, 1.165) is 34.9 Å². The number of likely N-dealkylation sites (N-methyl/N-ethyl adjacent to an activating group) is 1. The van der Waals surface area contributed by atoms with Crippen LogP contribution in [0.1, 0.15) is 6.42 Å². The third-order valence-electron chi connectivity index (χ3n) is 9.55. The molecule has 2 bridgehead atoms. The molecule has 6 aromatic rings. The van der Waals surface area contributed by atoms with Gasteiger partial charge in [-0.1, -0.05) is 48.2 Å². The third kappa shape index (κ3) is 3.82. The first-order chi connectivity index (χ1) is 20.7. The minimum absolute atomic E-state index is 0.689. The largest absolute Gasteiger partial charge is 0.338 e. The summed E-state index contributed by atoms with van der Waals surface area (Å²) in [5.41, 5.74) is 9.57. The van der Waals surface area contributed by atoms with Crippen LogP contribution in [-0.2, 0) is 0 Å². The van der Waals surface area contributed by atoms with Crippen LogP contribution in [0.15, 0.2) is 95.0 Å². The van der Waals surface area contributed by atoms with Crippen molar-refractivity contribution in [2.45, 2.75) is 28.3 Å². The molecule has 2 atom stereocenters. The van der Waals surface area contributed by atoms with Gasteiger partial charge in [0.05, 0.1) is 34.8 Å². The number of H-pyrrole nitrogens is 2. The fourth-order valence-corrected chi connectivity index (χ4v) is 8.53. The van der Waals surface area contributed by atoms with E-state index in [1.54, 1.807) is 0 Å². The molecular weight excluding hydrogens is 538 g/mol. The van der Waals surface area contributed by atoms with Gasteiger partial charge in [0.15, 0.2) is 0 Å². The SMILES string of the molecule is CN1C[C@H]2C[C@@H]1CN2CCN1c2ccc(-c3cccc4[nH]ncc34)cc2Sc2cc(-c3cccc4[nH]ncc34)ccc21. The lowest BCUT2D eigenvalue weighted by molar-refractivity contribution is 0.153. The van der Waals surface area contributed by atoms with Crippen LogP contribution in [0.2, 0.25) is 0 Å². The monoisotopic (exact) mass is 569 g/mol. The number of nitrogens with zero attached hydrogens (tertiary/aromatic N) is 5. The number of likely N-dealkylation sites (tertiary alicyclic amines) is 2. The van der Waals surface area contributed by atoms with Gasteiger partial charge in [-0.25, -0.2) is 0 Å². The van der Waals surface area contributed by atoms with E-state index in [2.05, 4.69) is 115 Å². The number of anilines is 2. The number of aromatic nitrogens is 4. The summed E-state index contributed by atoms with van der Waals surface area (Å²) in [5, 5.41) is 17.2. The van der Waals surface area contributed by atoms with Gasteiger partial charge in [-0.05, 0) is 72.1 Å². The zero-order valence-corrected chi connectivity index (χ0v) is 24.2. The maximum atomic E-state index is 4.30. The molecule has 7 nitrogen and oxygen atoms in total. The molecule has 0 unspecified atom stereocenters. The second-order valence-electron chi connectivity index (χ2n) is 11.9. The van der Waals surface area contributed by atoms with Gasteiger partial charge >= 0.3 is 0 Å². The van der Waals surface area contributed by atoms with Crippen LogP contribution in [0.4, 0.5) is 11.4 Å². The van der Waals surface area contributed by atoms with Crippen molar-refractivity contribution in [2.24, 2.45) is 0 Å². The second kappa shape index (κ2) is 9.46. The standard InChI is InChI=1S/C34H31N7S/c1-39-19-24-16-23(39)20-40(24)12-13-41-31-10-8-21(25-4-2-6-29-27(25)17-35-37-29)14-33(31)42-34-15-22(9-11-32(34)41)26-5-3-7-30-28(26)18-36-38-30/h2-11,14-15,17-18,23-24H,12-13,16,19-20H2,1H3,(H,35,37)(H,36,38)/t23-,24-/m1/s1. The van der Waals surface area contributed by atoms with Crippen LogP contribution < -0.4 is 4.90 Å². The molecule has 4 aromatic carbocycles. The highest BCUT2D eigenvalue weighted by molar-refractivity contribution is 7.99. The Bertz CT molecular complexity index is 1850. The van der Waals surface area contributed by atoms with Crippen molar-refractivity contribution in [1.29, 1.82) is 0 Å². The van der Waals surface area contributed by atoms with Crippen molar-refractivity contribution >= 4 is 44.9 Å². The fourth-order valence-electron chi connectivity index (χ4n) is 7.35. The molecule has 0 aliphatic carbocycles. The Morgan fingerprint density at radius 2 is 1.36 bits per heavy atom. The molecule has 2 N–H and O–H groups in total. The number of piperazine rings is 1. The molecule has 2 saturated heterocycles. The van der Waals surface area contributed by atoms with E-state index in [1.807, 2.05) is 24.2 Å². The summed E-state index contributed by atoms with van der Waals surface area (Å²) in [5.74, 6) is 0. The highest BCUT2D eigenvalue weighted by Gasteiger charge is 2.41. The summed E-state index contributed by atoms with van der Waals surface area (Å²) in [7, 11) is 2.28. The van der Waals surface area contributed by atoms with Crippen LogP contribution >= 0.6 is 11.8 Å². The van der Waals surface area contributed by atoms with Gasteiger partial charge < -0.3 is 9.80 Å². The molecule has 8 heteroatoms. The molecule has 3 aliphatic rings. The highest BCUT2D eigenvalue weighted by Crippen LogP contribution is 2.51. The molecule has 0 radical (unpaired) electrons. The maximum Gasteiger partial charge on any atom is 0.0656 e. The minimum Gasteiger partial charge on any atom is -0.338 e. The molecule has 5 heterocycles. The molecule has 9 rings (SSSR count). The van der Waals surface area contributed by atoms with Crippen molar-refractivity contribution in [2.75, 3.05) is 38.1 Å². The van der Waals surface area contributed by atoms with E-state index < -0.39 is 0 Å². The van der Waals surface area contributed by atoms with Crippen LogP contribution in [0.5, 0.6) is 0 Å². The number of aromatic amines is 2. The quantitative estimate of drug-likeness (QED) is 0.239. The van der Waals surface area contributed by atoms with Crippen molar-refractivity contribution in [3.8, 4) is 22.3 Å². The molecule has 3 aliphatic heterocycles.